The molecular weight excluding hydrogens is 230 g/mol. The summed E-state index contributed by atoms with van der Waals surface area (Å²) in [4.78, 5) is 15.8. The molecule has 0 radical (unpaired) electrons. The summed E-state index contributed by atoms with van der Waals surface area (Å²) in [5.41, 5.74) is 0. The van der Waals surface area contributed by atoms with Gasteiger partial charge in [-0.25, -0.2) is 4.79 Å². The maximum atomic E-state index is 10.8. The number of thiophene rings is 1. The lowest BCUT2D eigenvalue weighted by molar-refractivity contribution is 0.169. The zero-order valence-corrected chi connectivity index (χ0v) is 9.28. The van der Waals surface area contributed by atoms with E-state index in [-0.39, 0.29) is 6.54 Å². The van der Waals surface area contributed by atoms with E-state index in [4.69, 9.17) is 4.52 Å². The zero-order valence-electron chi connectivity index (χ0n) is 8.47. The van der Waals surface area contributed by atoms with Gasteiger partial charge in [0.2, 0.25) is 11.7 Å². The molecule has 1 amide bonds. The number of aromatic nitrogens is 2. The number of rotatable bonds is 3. The molecule has 7 heteroatoms. The molecule has 0 unspecified atom stereocenters. The summed E-state index contributed by atoms with van der Waals surface area (Å²) in [6.07, 6.45) is -0.532. The Hall–Kier alpha value is -1.89. The Kier molecular flexibility index (Phi) is 3.16. The van der Waals surface area contributed by atoms with Gasteiger partial charge in [-0.2, -0.15) is 4.98 Å². The molecule has 0 aliphatic rings. The summed E-state index contributed by atoms with van der Waals surface area (Å²) in [5.74, 6) is 0.866. The van der Waals surface area contributed by atoms with Crippen LogP contribution < -0.4 is 5.32 Å². The molecule has 0 fully saturated rings. The Morgan fingerprint density at radius 2 is 2.56 bits per heavy atom. The number of alkyl carbamates (subject to hydrolysis) is 1. The number of ether oxygens (including phenoxy) is 1. The molecule has 16 heavy (non-hydrogen) atoms. The van der Waals surface area contributed by atoms with E-state index in [9.17, 15) is 4.79 Å². The highest BCUT2D eigenvalue weighted by Gasteiger charge is 2.09. The lowest BCUT2D eigenvalue weighted by Crippen LogP contribution is -2.22. The SMILES string of the molecule is COC(=O)NCc1nc(-c2cccs2)no1. The van der Waals surface area contributed by atoms with Gasteiger partial charge in [-0.3, -0.25) is 0 Å². The molecular formula is C9H9N3O3S. The smallest absolute Gasteiger partial charge is 0.407 e. The van der Waals surface area contributed by atoms with Gasteiger partial charge in [0.1, 0.15) is 6.54 Å². The third-order valence-corrected chi connectivity index (χ3v) is 2.64. The molecule has 2 aromatic rings. The summed E-state index contributed by atoms with van der Waals surface area (Å²) in [7, 11) is 1.29. The second-order valence-electron chi connectivity index (χ2n) is 2.83. The minimum Gasteiger partial charge on any atom is -0.453 e. The van der Waals surface area contributed by atoms with Crippen LogP contribution in [0.25, 0.3) is 10.7 Å². The van der Waals surface area contributed by atoms with Crippen LogP contribution in [-0.4, -0.2) is 23.3 Å². The standard InChI is InChI=1S/C9H9N3O3S/c1-14-9(13)10-5-7-11-8(12-15-7)6-3-2-4-16-6/h2-4H,5H2,1H3,(H,10,13). The average molecular weight is 239 g/mol. The van der Waals surface area contributed by atoms with Crippen LogP contribution in [0.4, 0.5) is 4.79 Å². The molecule has 0 aliphatic carbocycles. The minimum absolute atomic E-state index is 0.158. The third kappa shape index (κ3) is 2.37. The van der Waals surface area contributed by atoms with Gasteiger partial charge in [-0.15, -0.1) is 11.3 Å². The van der Waals surface area contributed by atoms with Crippen LogP contribution in [0.3, 0.4) is 0 Å². The summed E-state index contributed by atoms with van der Waals surface area (Å²) in [6.45, 7) is 0.158. The lowest BCUT2D eigenvalue weighted by Gasteiger charge is -1.97. The molecule has 0 atom stereocenters. The van der Waals surface area contributed by atoms with Crippen molar-refractivity contribution in [1.82, 2.24) is 15.5 Å². The normalized spacial score (nSPS) is 10.1. The Balaban J connectivity index is 2.00. The maximum absolute atomic E-state index is 10.8. The molecule has 0 aromatic carbocycles. The first-order valence-corrected chi connectivity index (χ1v) is 5.36. The number of hydrogen-bond acceptors (Lipinski definition) is 6. The molecule has 0 saturated heterocycles. The van der Waals surface area contributed by atoms with E-state index < -0.39 is 6.09 Å². The molecule has 0 saturated carbocycles. The van der Waals surface area contributed by atoms with Gasteiger partial charge < -0.3 is 14.6 Å². The number of amides is 1. The van der Waals surface area contributed by atoms with Crippen LogP contribution in [0, 0.1) is 0 Å². The Bertz CT molecular complexity index is 466. The second-order valence-corrected chi connectivity index (χ2v) is 3.78. The first kappa shape index (κ1) is 10.6. The fourth-order valence-electron chi connectivity index (χ4n) is 1.05. The topological polar surface area (TPSA) is 77.2 Å². The van der Waals surface area contributed by atoms with Crippen LogP contribution in [0.2, 0.25) is 0 Å². The number of hydrogen-bond donors (Lipinski definition) is 1. The van der Waals surface area contributed by atoms with Crippen molar-refractivity contribution in [1.29, 1.82) is 0 Å². The van der Waals surface area contributed by atoms with E-state index in [1.54, 1.807) is 0 Å². The van der Waals surface area contributed by atoms with Gasteiger partial charge in [0, 0.05) is 0 Å². The maximum Gasteiger partial charge on any atom is 0.407 e. The molecule has 6 nitrogen and oxygen atoms in total. The van der Waals surface area contributed by atoms with Crippen molar-refractivity contribution in [3.05, 3.63) is 23.4 Å². The number of methoxy groups -OCH3 is 1. The minimum atomic E-state index is -0.532. The molecule has 0 aliphatic heterocycles. The summed E-state index contributed by atoms with van der Waals surface area (Å²) in [5, 5.41) is 8.18. The molecule has 2 heterocycles. The number of nitrogens with one attached hydrogen (secondary N) is 1. The number of carbonyl (C=O) groups excluding carboxylic acids is 1. The Morgan fingerprint density at radius 3 is 3.25 bits per heavy atom. The van der Waals surface area contributed by atoms with Gasteiger partial charge in [-0.05, 0) is 11.4 Å². The highest BCUT2D eigenvalue weighted by Crippen LogP contribution is 2.20. The van der Waals surface area contributed by atoms with Crippen molar-refractivity contribution in [2.24, 2.45) is 0 Å². The molecule has 2 aromatic heterocycles. The molecule has 0 spiro atoms. The average Bonchev–Trinajstić information content (AvgIpc) is 2.95. The van der Waals surface area contributed by atoms with E-state index in [1.165, 1.54) is 18.4 Å². The number of nitrogens with zero attached hydrogens (tertiary/aromatic N) is 2. The first-order chi connectivity index (χ1) is 7.79. The summed E-state index contributed by atoms with van der Waals surface area (Å²) < 4.78 is 9.37. The number of carbonyl (C=O) groups is 1. The van der Waals surface area contributed by atoms with Crippen LogP contribution in [0.5, 0.6) is 0 Å². The lowest BCUT2D eigenvalue weighted by atomic mass is 10.4. The van der Waals surface area contributed by atoms with Crippen molar-refractivity contribution in [2.75, 3.05) is 7.11 Å². The fraction of sp³-hybridized carbons (Fsp3) is 0.222. The van der Waals surface area contributed by atoms with Crippen molar-refractivity contribution >= 4 is 17.4 Å². The fourth-order valence-corrected chi connectivity index (χ4v) is 1.70. The predicted octanol–water partition coefficient (Wildman–Crippen LogP) is 1.65. The van der Waals surface area contributed by atoms with Gasteiger partial charge in [0.15, 0.2) is 0 Å². The van der Waals surface area contributed by atoms with Crippen LogP contribution in [0.1, 0.15) is 5.89 Å². The summed E-state index contributed by atoms with van der Waals surface area (Å²) in [6, 6.07) is 3.80. The van der Waals surface area contributed by atoms with E-state index in [0.29, 0.717) is 11.7 Å². The first-order valence-electron chi connectivity index (χ1n) is 4.48. The van der Waals surface area contributed by atoms with Gasteiger partial charge >= 0.3 is 6.09 Å². The van der Waals surface area contributed by atoms with Crippen molar-refractivity contribution in [2.45, 2.75) is 6.54 Å². The van der Waals surface area contributed by atoms with E-state index in [1.807, 2.05) is 17.5 Å². The second kappa shape index (κ2) is 4.75. The van der Waals surface area contributed by atoms with Crippen LogP contribution in [-0.2, 0) is 11.3 Å². The molecule has 0 bridgehead atoms. The molecule has 1 N–H and O–H groups in total. The largest absolute Gasteiger partial charge is 0.453 e. The van der Waals surface area contributed by atoms with Crippen molar-refractivity contribution in [3.63, 3.8) is 0 Å². The highest BCUT2D eigenvalue weighted by molar-refractivity contribution is 7.13. The third-order valence-electron chi connectivity index (χ3n) is 1.78. The van der Waals surface area contributed by atoms with Crippen LogP contribution in [0.15, 0.2) is 22.0 Å². The quantitative estimate of drug-likeness (QED) is 0.881. The van der Waals surface area contributed by atoms with Gasteiger partial charge in [-0.1, -0.05) is 11.2 Å². The molecule has 2 rings (SSSR count). The zero-order chi connectivity index (χ0) is 11.4. The predicted molar refractivity (Wildman–Crippen MR) is 56.9 cm³/mol. The Morgan fingerprint density at radius 1 is 1.69 bits per heavy atom. The van der Waals surface area contributed by atoms with Crippen molar-refractivity contribution < 1.29 is 14.1 Å². The van der Waals surface area contributed by atoms with Crippen molar-refractivity contribution in [3.8, 4) is 10.7 Å². The van der Waals surface area contributed by atoms with Gasteiger partial charge in [0.25, 0.3) is 0 Å². The van der Waals surface area contributed by atoms with Crippen LogP contribution >= 0.6 is 11.3 Å². The Labute approximate surface area is 95.2 Å². The molecule has 84 valence electrons. The summed E-state index contributed by atoms with van der Waals surface area (Å²) >= 11 is 1.52. The van der Waals surface area contributed by atoms with Gasteiger partial charge in [0.05, 0.1) is 12.0 Å². The highest BCUT2D eigenvalue weighted by atomic mass is 32.1. The van der Waals surface area contributed by atoms with E-state index in [0.717, 1.165) is 4.88 Å². The van der Waals surface area contributed by atoms with E-state index >= 15 is 0 Å². The monoisotopic (exact) mass is 239 g/mol. The van der Waals surface area contributed by atoms with E-state index in [2.05, 4.69) is 20.2 Å².